The predicted molar refractivity (Wildman–Crippen MR) is 34.1 cm³/mol. The summed E-state index contributed by atoms with van der Waals surface area (Å²) in [5, 5.41) is 10.0. The van der Waals surface area contributed by atoms with E-state index in [1.54, 1.807) is 24.7 Å². The summed E-state index contributed by atoms with van der Waals surface area (Å²) in [6.07, 6.45) is 5.03. The molecule has 2 heterocycles. The maximum absolute atomic E-state index is 4.87. The molecule has 0 atom stereocenters. The molecule has 0 fully saturated rings. The van der Waals surface area contributed by atoms with Crippen LogP contribution < -0.4 is 0 Å². The Morgan fingerprint density at radius 1 is 1.50 bits per heavy atom. The lowest BCUT2D eigenvalue weighted by Gasteiger charge is -1.81. The lowest BCUT2D eigenvalue weighted by molar-refractivity contribution is 0.432. The largest absolute Gasteiger partial charge is 0.356 e. The van der Waals surface area contributed by atoms with Crippen LogP contribution in [0.4, 0.5) is 0 Å². The summed E-state index contributed by atoms with van der Waals surface area (Å²) < 4.78 is 4.87. The van der Waals surface area contributed by atoms with E-state index in [1.807, 2.05) is 0 Å². The standard InChI is InChI=1S/C6H5N3O/c1-2-9-10-6(1)5-3-7-8-4-5/h1-4H,(H,7,8). The number of nitrogens with zero attached hydrogens (tertiary/aromatic N) is 2. The van der Waals surface area contributed by atoms with Crippen molar-refractivity contribution in [1.29, 1.82) is 0 Å². The van der Waals surface area contributed by atoms with Crippen LogP contribution in [0.15, 0.2) is 29.2 Å². The van der Waals surface area contributed by atoms with Crippen molar-refractivity contribution in [2.45, 2.75) is 0 Å². The van der Waals surface area contributed by atoms with Gasteiger partial charge in [0.1, 0.15) is 0 Å². The number of aromatic nitrogens is 3. The van der Waals surface area contributed by atoms with E-state index in [0.29, 0.717) is 0 Å². The van der Waals surface area contributed by atoms with Crippen LogP contribution in [0.2, 0.25) is 0 Å². The van der Waals surface area contributed by atoms with Crippen LogP contribution in [0.3, 0.4) is 0 Å². The Labute approximate surface area is 56.9 Å². The molecule has 2 aromatic heterocycles. The zero-order chi connectivity index (χ0) is 6.81. The van der Waals surface area contributed by atoms with Gasteiger partial charge in [0.25, 0.3) is 0 Å². The first kappa shape index (κ1) is 5.22. The van der Waals surface area contributed by atoms with Gasteiger partial charge in [0.15, 0.2) is 5.76 Å². The van der Waals surface area contributed by atoms with Crippen molar-refractivity contribution >= 4 is 0 Å². The van der Waals surface area contributed by atoms with Crippen LogP contribution in [0, 0.1) is 0 Å². The highest BCUT2D eigenvalue weighted by molar-refractivity contribution is 5.53. The molecule has 0 aromatic carbocycles. The molecule has 0 amide bonds. The maximum Gasteiger partial charge on any atom is 0.169 e. The molecule has 0 saturated carbocycles. The fourth-order valence-corrected chi connectivity index (χ4v) is 0.750. The third kappa shape index (κ3) is 0.699. The average Bonchev–Trinajstić information content (AvgIpc) is 2.59. The maximum atomic E-state index is 4.87. The molecular formula is C6H5N3O. The number of aromatic amines is 1. The van der Waals surface area contributed by atoms with Crippen molar-refractivity contribution in [3.8, 4) is 11.3 Å². The van der Waals surface area contributed by atoms with Gasteiger partial charge in [-0.25, -0.2) is 0 Å². The van der Waals surface area contributed by atoms with Gasteiger partial charge in [0.05, 0.1) is 18.0 Å². The van der Waals surface area contributed by atoms with Gasteiger partial charge in [-0.1, -0.05) is 5.16 Å². The predicted octanol–water partition coefficient (Wildman–Crippen LogP) is 1.06. The monoisotopic (exact) mass is 135 g/mol. The Hall–Kier alpha value is -1.58. The van der Waals surface area contributed by atoms with Crippen molar-refractivity contribution in [2.24, 2.45) is 0 Å². The molecule has 1 N–H and O–H groups in total. The highest BCUT2D eigenvalue weighted by Crippen LogP contribution is 2.14. The van der Waals surface area contributed by atoms with Crippen LogP contribution in [-0.4, -0.2) is 15.4 Å². The van der Waals surface area contributed by atoms with Crippen molar-refractivity contribution in [3.05, 3.63) is 24.7 Å². The fraction of sp³-hybridized carbons (Fsp3) is 0. The smallest absolute Gasteiger partial charge is 0.169 e. The molecule has 0 radical (unpaired) electrons. The molecule has 0 spiro atoms. The Balaban J connectivity index is 2.48. The second kappa shape index (κ2) is 1.98. The van der Waals surface area contributed by atoms with Crippen LogP contribution in [0.1, 0.15) is 0 Å². The molecule has 4 nitrogen and oxygen atoms in total. The summed E-state index contributed by atoms with van der Waals surface area (Å²) in [4.78, 5) is 0. The third-order valence-electron chi connectivity index (χ3n) is 1.22. The summed E-state index contributed by atoms with van der Waals surface area (Å²) in [6.45, 7) is 0. The summed E-state index contributed by atoms with van der Waals surface area (Å²) in [6, 6.07) is 1.78. The van der Waals surface area contributed by atoms with Gasteiger partial charge in [0, 0.05) is 12.3 Å². The second-order valence-corrected chi connectivity index (χ2v) is 1.86. The van der Waals surface area contributed by atoms with E-state index in [2.05, 4.69) is 15.4 Å². The molecule has 2 aromatic rings. The van der Waals surface area contributed by atoms with E-state index in [0.717, 1.165) is 11.3 Å². The highest BCUT2D eigenvalue weighted by atomic mass is 16.5. The minimum absolute atomic E-state index is 0.730. The number of nitrogens with one attached hydrogen (secondary N) is 1. The van der Waals surface area contributed by atoms with Gasteiger partial charge in [0.2, 0.25) is 0 Å². The minimum Gasteiger partial charge on any atom is -0.356 e. The lowest BCUT2D eigenvalue weighted by atomic mass is 10.3. The first-order valence-corrected chi connectivity index (χ1v) is 2.86. The molecule has 10 heavy (non-hydrogen) atoms. The Morgan fingerprint density at radius 3 is 3.10 bits per heavy atom. The van der Waals surface area contributed by atoms with Crippen molar-refractivity contribution < 1.29 is 4.52 Å². The minimum atomic E-state index is 0.730. The van der Waals surface area contributed by atoms with Gasteiger partial charge in [-0.3, -0.25) is 5.10 Å². The van der Waals surface area contributed by atoms with E-state index < -0.39 is 0 Å². The number of hydrogen-bond acceptors (Lipinski definition) is 3. The fourth-order valence-electron chi connectivity index (χ4n) is 0.750. The SMILES string of the molecule is c1cc(-c2cn[nH]c2)on1. The first-order chi connectivity index (χ1) is 4.97. The summed E-state index contributed by atoms with van der Waals surface area (Å²) in [5.74, 6) is 0.730. The van der Waals surface area contributed by atoms with Crippen LogP contribution in [0.5, 0.6) is 0 Å². The third-order valence-corrected chi connectivity index (χ3v) is 1.22. The zero-order valence-electron chi connectivity index (χ0n) is 5.11. The lowest BCUT2D eigenvalue weighted by Crippen LogP contribution is -1.63. The first-order valence-electron chi connectivity index (χ1n) is 2.86. The van der Waals surface area contributed by atoms with Gasteiger partial charge in [-0.15, -0.1) is 0 Å². The van der Waals surface area contributed by atoms with E-state index in [9.17, 15) is 0 Å². The highest BCUT2D eigenvalue weighted by Gasteiger charge is 1.99. The number of rotatable bonds is 1. The molecule has 0 aliphatic heterocycles. The molecule has 0 saturated heterocycles. The number of H-pyrrole nitrogens is 1. The molecule has 4 heteroatoms. The van der Waals surface area contributed by atoms with E-state index >= 15 is 0 Å². The van der Waals surface area contributed by atoms with Gasteiger partial charge in [-0.2, -0.15) is 5.10 Å². The molecule has 0 aliphatic rings. The van der Waals surface area contributed by atoms with Crippen LogP contribution in [-0.2, 0) is 0 Å². The van der Waals surface area contributed by atoms with E-state index in [-0.39, 0.29) is 0 Å². The van der Waals surface area contributed by atoms with Crippen molar-refractivity contribution in [1.82, 2.24) is 15.4 Å². The molecule has 50 valence electrons. The molecule has 0 bridgehead atoms. The Kier molecular flexibility index (Phi) is 1.04. The van der Waals surface area contributed by atoms with Crippen LogP contribution in [0.25, 0.3) is 11.3 Å². The van der Waals surface area contributed by atoms with Crippen molar-refractivity contribution in [2.75, 3.05) is 0 Å². The van der Waals surface area contributed by atoms with Gasteiger partial charge in [-0.05, 0) is 0 Å². The van der Waals surface area contributed by atoms with E-state index in [1.165, 1.54) is 0 Å². The van der Waals surface area contributed by atoms with Crippen LogP contribution >= 0.6 is 0 Å². The van der Waals surface area contributed by atoms with Gasteiger partial charge < -0.3 is 4.52 Å². The summed E-state index contributed by atoms with van der Waals surface area (Å²) in [5.41, 5.74) is 0.914. The molecular weight excluding hydrogens is 130 g/mol. The van der Waals surface area contributed by atoms with E-state index in [4.69, 9.17) is 4.52 Å². The normalized spacial score (nSPS) is 10.0. The van der Waals surface area contributed by atoms with Gasteiger partial charge >= 0.3 is 0 Å². The molecule has 0 aliphatic carbocycles. The zero-order valence-corrected chi connectivity index (χ0v) is 5.11. The Morgan fingerprint density at radius 2 is 2.50 bits per heavy atom. The topological polar surface area (TPSA) is 54.7 Å². The number of hydrogen-bond donors (Lipinski definition) is 1. The summed E-state index contributed by atoms with van der Waals surface area (Å²) >= 11 is 0. The quantitative estimate of drug-likeness (QED) is 0.636. The average molecular weight is 135 g/mol. The molecule has 0 unspecified atom stereocenters. The molecule has 2 rings (SSSR count). The summed E-state index contributed by atoms with van der Waals surface area (Å²) in [7, 11) is 0. The Bertz CT molecular complexity index is 252. The van der Waals surface area contributed by atoms with Crippen molar-refractivity contribution in [3.63, 3.8) is 0 Å². The second-order valence-electron chi connectivity index (χ2n) is 1.86.